The van der Waals surface area contributed by atoms with E-state index < -0.39 is 15.2 Å². The number of nitrogens with two attached hydrogens (primary N) is 1. The lowest BCUT2D eigenvalue weighted by molar-refractivity contribution is -0.107. The number of carbonyl (C=O) groups excluding carboxylic acids is 1. The van der Waals surface area contributed by atoms with Gasteiger partial charge in [0.15, 0.2) is 11.7 Å². The Balaban J connectivity index is 3.16. The van der Waals surface area contributed by atoms with Crippen molar-refractivity contribution in [2.24, 2.45) is 5.73 Å². The third-order valence-corrected chi connectivity index (χ3v) is 3.32. The largest absolute Gasteiger partial charge is 0.309 e. The van der Waals surface area contributed by atoms with Crippen molar-refractivity contribution in [2.45, 2.75) is 10.3 Å². The molecular weight excluding hydrogens is 190 g/mol. The summed E-state index contributed by atoms with van der Waals surface area (Å²) in [4.78, 5) is 10.3. The first kappa shape index (κ1) is 9.88. The maximum atomic E-state index is 11.4. The van der Waals surface area contributed by atoms with Gasteiger partial charge in [0.1, 0.15) is 0 Å². The maximum Gasteiger partial charge on any atom is 0.200 e. The van der Waals surface area contributed by atoms with Gasteiger partial charge in [0, 0.05) is 0 Å². The van der Waals surface area contributed by atoms with Crippen LogP contribution < -0.4 is 5.73 Å². The standard InChI is InChI=1S/C8H9NO3S/c9-8(6-10)13(11,12)7-4-2-1-3-5-7/h1-6,8H,9H2. The highest BCUT2D eigenvalue weighted by molar-refractivity contribution is 7.92. The summed E-state index contributed by atoms with van der Waals surface area (Å²) >= 11 is 0. The zero-order valence-corrected chi connectivity index (χ0v) is 7.57. The molecule has 0 radical (unpaired) electrons. The molecule has 0 heterocycles. The van der Waals surface area contributed by atoms with Crippen LogP contribution in [0.15, 0.2) is 35.2 Å². The summed E-state index contributed by atoms with van der Waals surface area (Å²) in [7, 11) is -3.68. The van der Waals surface area contributed by atoms with Crippen LogP contribution in [0, 0.1) is 0 Å². The molecule has 1 unspecified atom stereocenters. The zero-order valence-electron chi connectivity index (χ0n) is 6.75. The fourth-order valence-corrected chi connectivity index (χ4v) is 1.84. The van der Waals surface area contributed by atoms with E-state index in [2.05, 4.69) is 0 Å². The van der Waals surface area contributed by atoms with Crippen LogP contribution in [0.25, 0.3) is 0 Å². The van der Waals surface area contributed by atoms with Crippen molar-refractivity contribution in [1.82, 2.24) is 0 Å². The summed E-state index contributed by atoms with van der Waals surface area (Å²) in [5.74, 6) is 0. The molecule has 5 heteroatoms. The first-order valence-electron chi connectivity index (χ1n) is 3.59. The molecule has 0 saturated heterocycles. The number of hydrogen-bond acceptors (Lipinski definition) is 4. The van der Waals surface area contributed by atoms with Gasteiger partial charge in [0.05, 0.1) is 4.90 Å². The molecule has 0 spiro atoms. The first-order valence-corrected chi connectivity index (χ1v) is 5.13. The maximum absolute atomic E-state index is 11.4. The lowest BCUT2D eigenvalue weighted by Gasteiger charge is -2.05. The minimum absolute atomic E-state index is 0.0644. The molecule has 0 bridgehead atoms. The monoisotopic (exact) mass is 199 g/mol. The molecule has 13 heavy (non-hydrogen) atoms. The summed E-state index contributed by atoms with van der Waals surface area (Å²) < 4.78 is 22.8. The minimum Gasteiger partial charge on any atom is -0.309 e. The van der Waals surface area contributed by atoms with Crippen LogP contribution in [0.4, 0.5) is 0 Å². The molecule has 1 aromatic rings. The van der Waals surface area contributed by atoms with Gasteiger partial charge in [-0.3, -0.25) is 0 Å². The number of rotatable bonds is 3. The summed E-state index contributed by atoms with van der Waals surface area (Å²) in [5.41, 5.74) is 5.13. The smallest absolute Gasteiger partial charge is 0.200 e. The van der Waals surface area contributed by atoms with E-state index in [9.17, 15) is 13.2 Å². The van der Waals surface area contributed by atoms with E-state index in [-0.39, 0.29) is 11.2 Å². The van der Waals surface area contributed by atoms with Gasteiger partial charge < -0.3 is 10.5 Å². The van der Waals surface area contributed by atoms with Crippen molar-refractivity contribution in [2.75, 3.05) is 0 Å². The Bertz CT molecular complexity index is 385. The predicted octanol–water partition coefficient (Wildman–Crippen LogP) is -0.0560. The van der Waals surface area contributed by atoms with E-state index >= 15 is 0 Å². The number of hydrogen-bond donors (Lipinski definition) is 1. The Kier molecular flexibility index (Phi) is 2.79. The van der Waals surface area contributed by atoms with Gasteiger partial charge in [-0.15, -0.1) is 0 Å². The molecule has 1 aromatic carbocycles. The summed E-state index contributed by atoms with van der Waals surface area (Å²) in [6, 6.07) is 7.64. The highest BCUT2D eigenvalue weighted by atomic mass is 32.2. The SMILES string of the molecule is NC(C=O)S(=O)(=O)c1ccccc1. The summed E-state index contributed by atoms with van der Waals surface area (Å²) in [6.45, 7) is 0. The van der Waals surface area contributed by atoms with Gasteiger partial charge in [0.2, 0.25) is 9.84 Å². The van der Waals surface area contributed by atoms with Gasteiger partial charge in [-0.25, -0.2) is 8.42 Å². The third kappa shape index (κ3) is 1.93. The van der Waals surface area contributed by atoms with Crippen LogP contribution in [0.2, 0.25) is 0 Å². The van der Waals surface area contributed by atoms with Crippen LogP contribution in [0.5, 0.6) is 0 Å². The minimum atomic E-state index is -3.68. The van der Waals surface area contributed by atoms with Gasteiger partial charge in [-0.2, -0.15) is 0 Å². The van der Waals surface area contributed by atoms with Crippen molar-refractivity contribution in [3.8, 4) is 0 Å². The van der Waals surface area contributed by atoms with E-state index in [0.717, 1.165) is 0 Å². The van der Waals surface area contributed by atoms with Gasteiger partial charge in [0.25, 0.3) is 0 Å². The van der Waals surface area contributed by atoms with E-state index in [1.165, 1.54) is 12.1 Å². The molecule has 1 atom stereocenters. The Morgan fingerprint density at radius 1 is 1.23 bits per heavy atom. The van der Waals surface area contributed by atoms with Crippen LogP contribution in [0.1, 0.15) is 0 Å². The number of benzene rings is 1. The van der Waals surface area contributed by atoms with Gasteiger partial charge >= 0.3 is 0 Å². The second kappa shape index (κ2) is 3.68. The van der Waals surface area contributed by atoms with E-state index in [1.54, 1.807) is 18.2 Å². The van der Waals surface area contributed by atoms with E-state index in [0.29, 0.717) is 0 Å². The normalized spacial score (nSPS) is 13.6. The van der Waals surface area contributed by atoms with Crippen molar-refractivity contribution in [1.29, 1.82) is 0 Å². The average molecular weight is 199 g/mol. The van der Waals surface area contributed by atoms with Crippen LogP contribution in [-0.4, -0.2) is 20.1 Å². The molecule has 0 saturated carbocycles. The molecular formula is C8H9NO3S. The Morgan fingerprint density at radius 3 is 2.23 bits per heavy atom. The van der Waals surface area contributed by atoms with Crippen LogP contribution >= 0.6 is 0 Å². The van der Waals surface area contributed by atoms with Crippen molar-refractivity contribution < 1.29 is 13.2 Å². The molecule has 0 aliphatic heterocycles. The number of aldehydes is 1. The Morgan fingerprint density at radius 2 is 1.77 bits per heavy atom. The van der Waals surface area contributed by atoms with E-state index in [1.807, 2.05) is 0 Å². The van der Waals surface area contributed by atoms with Crippen molar-refractivity contribution in [3.05, 3.63) is 30.3 Å². The molecule has 0 aliphatic carbocycles. The van der Waals surface area contributed by atoms with Crippen LogP contribution in [-0.2, 0) is 14.6 Å². The first-order chi connectivity index (χ1) is 6.09. The molecule has 0 fully saturated rings. The van der Waals surface area contributed by atoms with Crippen molar-refractivity contribution in [3.63, 3.8) is 0 Å². The predicted molar refractivity (Wildman–Crippen MR) is 47.7 cm³/mol. The number of sulfone groups is 1. The highest BCUT2D eigenvalue weighted by Crippen LogP contribution is 2.11. The number of carbonyl (C=O) groups is 1. The second-order valence-corrected chi connectivity index (χ2v) is 4.56. The van der Waals surface area contributed by atoms with Gasteiger partial charge in [-0.1, -0.05) is 18.2 Å². The topological polar surface area (TPSA) is 77.2 Å². The Labute approximate surface area is 76.3 Å². The fourth-order valence-electron chi connectivity index (χ4n) is 0.840. The molecule has 0 amide bonds. The lowest BCUT2D eigenvalue weighted by Crippen LogP contribution is -2.31. The second-order valence-electron chi connectivity index (χ2n) is 2.46. The van der Waals surface area contributed by atoms with E-state index in [4.69, 9.17) is 5.73 Å². The Hall–Kier alpha value is -1.20. The van der Waals surface area contributed by atoms with Crippen LogP contribution in [0.3, 0.4) is 0 Å². The van der Waals surface area contributed by atoms with Gasteiger partial charge in [-0.05, 0) is 12.1 Å². The molecule has 2 N–H and O–H groups in total. The molecule has 0 aromatic heterocycles. The average Bonchev–Trinajstić information content (AvgIpc) is 2.18. The summed E-state index contributed by atoms with van der Waals surface area (Å²) in [5, 5.41) is -1.48. The lowest BCUT2D eigenvalue weighted by atomic mass is 10.4. The van der Waals surface area contributed by atoms with Crippen molar-refractivity contribution >= 4 is 16.1 Å². The molecule has 70 valence electrons. The third-order valence-electron chi connectivity index (χ3n) is 1.56. The highest BCUT2D eigenvalue weighted by Gasteiger charge is 2.22. The molecule has 0 aliphatic rings. The zero-order chi connectivity index (χ0) is 9.90. The molecule has 1 rings (SSSR count). The molecule has 4 nitrogen and oxygen atoms in total. The fraction of sp³-hybridized carbons (Fsp3) is 0.125. The quantitative estimate of drug-likeness (QED) is 0.692. The summed E-state index contributed by atoms with van der Waals surface area (Å²) in [6.07, 6.45) is 0.211.